The number of halogens is 1. The van der Waals surface area contributed by atoms with E-state index in [4.69, 9.17) is 0 Å². The van der Waals surface area contributed by atoms with Crippen LogP contribution < -0.4 is 10.6 Å². The fourth-order valence-electron chi connectivity index (χ4n) is 1.86. The van der Waals surface area contributed by atoms with Crippen molar-refractivity contribution in [3.8, 4) is 0 Å². The summed E-state index contributed by atoms with van der Waals surface area (Å²) < 4.78 is 1.08. The minimum atomic E-state index is 0.169. The molecule has 1 aromatic carbocycles. The van der Waals surface area contributed by atoms with Crippen LogP contribution in [0.15, 0.2) is 28.7 Å². The van der Waals surface area contributed by atoms with E-state index in [1.165, 1.54) is 5.56 Å². The van der Waals surface area contributed by atoms with Gasteiger partial charge in [-0.3, -0.25) is 4.79 Å². The van der Waals surface area contributed by atoms with Crippen LogP contribution in [-0.4, -0.2) is 25.0 Å². The van der Waals surface area contributed by atoms with E-state index in [0.717, 1.165) is 24.0 Å². The molecule has 1 amide bonds. The summed E-state index contributed by atoms with van der Waals surface area (Å²) >= 11 is 3.41. The van der Waals surface area contributed by atoms with E-state index >= 15 is 0 Å². The Labute approximate surface area is 110 Å². The standard InChI is InChI=1S/C13H17BrN2O/c1-9(16-13(17)11-7-15-8-11)6-10-2-4-12(14)5-3-10/h2-5,9,11,15H,6-8H2,1H3,(H,16,17). The Morgan fingerprint density at radius 2 is 2.12 bits per heavy atom. The quantitative estimate of drug-likeness (QED) is 0.888. The maximum absolute atomic E-state index is 11.7. The molecule has 4 heteroatoms. The maximum Gasteiger partial charge on any atom is 0.225 e. The fraction of sp³-hybridized carbons (Fsp3) is 0.462. The first kappa shape index (κ1) is 12.6. The van der Waals surface area contributed by atoms with Gasteiger partial charge in [0.05, 0.1) is 5.92 Å². The zero-order chi connectivity index (χ0) is 12.3. The molecule has 1 aromatic rings. The van der Waals surface area contributed by atoms with E-state index in [1.54, 1.807) is 0 Å². The van der Waals surface area contributed by atoms with Gasteiger partial charge in [-0.05, 0) is 31.0 Å². The Kier molecular flexibility index (Phi) is 4.18. The third-order valence-corrected chi connectivity index (χ3v) is 3.52. The molecular formula is C13H17BrN2O. The van der Waals surface area contributed by atoms with Gasteiger partial charge in [-0.2, -0.15) is 0 Å². The van der Waals surface area contributed by atoms with Gasteiger partial charge in [0.15, 0.2) is 0 Å². The summed E-state index contributed by atoms with van der Waals surface area (Å²) in [6.45, 7) is 3.68. The first-order valence-electron chi connectivity index (χ1n) is 5.90. The maximum atomic E-state index is 11.7. The first-order valence-corrected chi connectivity index (χ1v) is 6.70. The summed E-state index contributed by atoms with van der Waals surface area (Å²) in [6, 6.07) is 8.40. The highest BCUT2D eigenvalue weighted by molar-refractivity contribution is 9.10. The molecule has 0 bridgehead atoms. The zero-order valence-corrected chi connectivity index (χ0v) is 11.5. The van der Waals surface area contributed by atoms with Crippen LogP contribution >= 0.6 is 15.9 Å². The first-order chi connectivity index (χ1) is 8.15. The molecule has 3 nitrogen and oxygen atoms in total. The van der Waals surface area contributed by atoms with Gasteiger partial charge in [0.1, 0.15) is 0 Å². The molecule has 2 rings (SSSR count). The van der Waals surface area contributed by atoms with E-state index in [1.807, 2.05) is 19.1 Å². The topological polar surface area (TPSA) is 41.1 Å². The second kappa shape index (κ2) is 5.65. The van der Waals surface area contributed by atoms with Crippen LogP contribution in [0.3, 0.4) is 0 Å². The van der Waals surface area contributed by atoms with Crippen LogP contribution in [0.5, 0.6) is 0 Å². The molecule has 2 N–H and O–H groups in total. The smallest absolute Gasteiger partial charge is 0.225 e. The Morgan fingerprint density at radius 1 is 1.47 bits per heavy atom. The van der Waals surface area contributed by atoms with Gasteiger partial charge in [0.2, 0.25) is 5.91 Å². The van der Waals surface area contributed by atoms with E-state index < -0.39 is 0 Å². The monoisotopic (exact) mass is 296 g/mol. The second-order valence-corrected chi connectivity index (χ2v) is 5.51. The summed E-state index contributed by atoms with van der Waals surface area (Å²) in [4.78, 5) is 11.7. The van der Waals surface area contributed by atoms with Gasteiger partial charge in [0, 0.05) is 23.6 Å². The molecule has 92 valence electrons. The molecule has 0 saturated carbocycles. The van der Waals surface area contributed by atoms with Gasteiger partial charge in [-0.15, -0.1) is 0 Å². The van der Waals surface area contributed by atoms with Gasteiger partial charge in [-0.1, -0.05) is 28.1 Å². The van der Waals surface area contributed by atoms with E-state index in [0.29, 0.717) is 0 Å². The number of benzene rings is 1. The lowest BCUT2D eigenvalue weighted by Crippen LogP contribution is -2.52. The average molecular weight is 297 g/mol. The predicted molar refractivity (Wildman–Crippen MR) is 71.8 cm³/mol. The van der Waals surface area contributed by atoms with Gasteiger partial charge >= 0.3 is 0 Å². The average Bonchev–Trinajstić information content (AvgIpc) is 2.18. The van der Waals surface area contributed by atoms with Crippen LogP contribution in [0.25, 0.3) is 0 Å². The number of carbonyl (C=O) groups is 1. The van der Waals surface area contributed by atoms with Crippen molar-refractivity contribution in [2.45, 2.75) is 19.4 Å². The molecule has 0 aliphatic carbocycles. The van der Waals surface area contributed by atoms with Crippen LogP contribution in [0.2, 0.25) is 0 Å². The molecule has 1 unspecified atom stereocenters. The molecule has 0 aromatic heterocycles. The lowest BCUT2D eigenvalue weighted by Gasteiger charge is -2.27. The van der Waals surface area contributed by atoms with Crippen LogP contribution in [0.4, 0.5) is 0 Å². The number of amides is 1. The molecule has 1 fully saturated rings. The van der Waals surface area contributed by atoms with Crippen molar-refractivity contribution in [1.82, 2.24) is 10.6 Å². The fourth-order valence-corrected chi connectivity index (χ4v) is 2.12. The summed E-state index contributed by atoms with van der Waals surface area (Å²) in [5, 5.41) is 6.16. The van der Waals surface area contributed by atoms with Crippen molar-refractivity contribution in [3.63, 3.8) is 0 Å². The minimum absolute atomic E-state index is 0.169. The van der Waals surface area contributed by atoms with Crippen molar-refractivity contribution < 1.29 is 4.79 Å². The number of hydrogen-bond donors (Lipinski definition) is 2. The minimum Gasteiger partial charge on any atom is -0.353 e. The number of carbonyl (C=O) groups excluding carboxylic acids is 1. The van der Waals surface area contributed by atoms with Gasteiger partial charge in [-0.25, -0.2) is 0 Å². The SMILES string of the molecule is CC(Cc1ccc(Br)cc1)NC(=O)C1CNC1. The normalized spacial score (nSPS) is 17.3. The number of rotatable bonds is 4. The summed E-state index contributed by atoms with van der Waals surface area (Å²) in [7, 11) is 0. The summed E-state index contributed by atoms with van der Waals surface area (Å²) in [5.41, 5.74) is 1.24. The third-order valence-electron chi connectivity index (χ3n) is 3.00. The van der Waals surface area contributed by atoms with Crippen molar-refractivity contribution >= 4 is 21.8 Å². The zero-order valence-electron chi connectivity index (χ0n) is 9.87. The predicted octanol–water partition coefficient (Wildman–Crippen LogP) is 1.72. The van der Waals surface area contributed by atoms with Gasteiger partial charge < -0.3 is 10.6 Å². The lowest BCUT2D eigenvalue weighted by molar-refractivity contribution is -0.127. The number of hydrogen-bond acceptors (Lipinski definition) is 2. The summed E-state index contributed by atoms with van der Waals surface area (Å²) in [6.07, 6.45) is 0.874. The highest BCUT2D eigenvalue weighted by Gasteiger charge is 2.25. The Hall–Kier alpha value is -0.870. The van der Waals surface area contributed by atoms with E-state index in [2.05, 4.69) is 38.7 Å². The molecule has 1 aliphatic rings. The molecule has 1 saturated heterocycles. The van der Waals surface area contributed by atoms with Crippen LogP contribution in [-0.2, 0) is 11.2 Å². The van der Waals surface area contributed by atoms with Gasteiger partial charge in [0.25, 0.3) is 0 Å². The van der Waals surface area contributed by atoms with Crippen LogP contribution in [0, 0.1) is 5.92 Å². The lowest BCUT2D eigenvalue weighted by atomic mass is 10.0. The van der Waals surface area contributed by atoms with E-state index in [-0.39, 0.29) is 17.9 Å². The molecular weight excluding hydrogens is 280 g/mol. The van der Waals surface area contributed by atoms with Crippen molar-refractivity contribution in [3.05, 3.63) is 34.3 Å². The largest absolute Gasteiger partial charge is 0.353 e. The molecule has 1 heterocycles. The van der Waals surface area contributed by atoms with Crippen LogP contribution in [0.1, 0.15) is 12.5 Å². The highest BCUT2D eigenvalue weighted by Crippen LogP contribution is 2.12. The summed E-state index contributed by atoms with van der Waals surface area (Å²) in [5.74, 6) is 0.343. The van der Waals surface area contributed by atoms with Crippen molar-refractivity contribution in [2.24, 2.45) is 5.92 Å². The molecule has 1 atom stereocenters. The molecule has 0 spiro atoms. The molecule has 17 heavy (non-hydrogen) atoms. The third kappa shape index (κ3) is 3.54. The molecule has 0 radical (unpaired) electrons. The Morgan fingerprint density at radius 3 is 2.65 bits per heavy atom. The highest BCUT2D eigenvalue weighted by atomic mass is 79.9. The van der Waals surface area contributed by atoms with Crippen molar-refractivity contribution in [1.29, 1.82) is 0 Å². The van der Waals surface area contributed by atoms with Crippen molar-refractivity contribution in [2.75, 3.05) is 13.1 Å². The molecule has 1 aliphatic heterocycles. The van der Waals surface area contributed by atoms with E-state index in [9.17, 15) is 4.79 Å². The Bertz CT molecular complexity index is 387. The number of nitrogens with one attached hydrogen (secondary N) is 2. The Balaban J connectivity index is 1.81. The second-order valence-electron chi connectivity index (χ2n) is 4.60.